The second-order valence-corrected chi connectivity index (χ2v) is 7.91. The Hall–Kier alpha value is -1.53. The Morgan fingerprint density at radius 1 is 1.19 bits per heavy atom. The van der Waals surface area contributed by atoms with Gasteiger partial charge in [-0.05, 0) is 81.2 Å². The van der Waals surface area contributed by atoms with Gasteiger partial charge in [0, 0.05) is 18.6 Å². The standard InChI is InChI=1S/C20H29F2N3O/c21-16-5-8-18(22)15(10-16)11-19(23)13-3-6-17(7-4-13)25-9-1-2-14(12-25)20(24)26/h5,8,10,13-14,17,19H,1-4,6-7,9,11-12,23H2,(H2,24,26)/t13?,14-,17?,19-/m1/s1. The van der Waals surface area contributed by atoms with E-state index in [1.165, 1.54) is 12.1 Å². The number of nitrogens with two attached hydrogens (primary N) is 2. The van der Waals surface area contributed by atoms with E-state index in [1.54, 1.807) is 0 Å². The van der Waals surface area contributed by atoms with Crippen LogP contribution in [0.1, 0.15) is 44.1 Å². The topological polar surface area (TPSA) is 72.4 Å². The zero-order valence-electron chi connectivity index (χ0n) is 15.2. The number of rotatable bonds is 5. The van der Waals surface area contributed by atoms with Crippen LogP contribution in [0.3, 0.4) is 0 Å². The van der Waals surface area contributed by atoms with Crippen molar-refractivity contribution in [3.63, 3.8) is 0 Å². The van der Waals surface area contributed by atoms with Crippen LogP contribution in [-0.2, 0) is 11.2 Å². The van der Waals surface area contributed by atoms with Gasteiger partial charge in [0.05, 0.1) is 5.92 Å². The van der Waals surface area contributed by atoms with Crippen molar-refractivity contribution in [2.24, 2.45) is 23.3 Å². The summed E-state index contributed by atoms with van der Waals surface area (Å²) in [6.07, 6.45) is 6.33. The van der Waals surface area contributed by atoms with E-state index < -0.39 is 5.82 Å². The van der Waals surface area contributed by atoms with Gasteiger partial charge in [0.2, 0.25) is 5.91 Å². The maximum Gasteiger partial charge on any atom is 0.221 e. The van der Waals surface area contributed by atoms with Crippen molar-refractivity contribution in [3.05, 3.63) is 35.4 Å². The van der Waals surface area contributed by atoms with Gasteiger partial charge in [-0.15, -0.1) is 0 Å². The first-order valence-corrected chi connectivity index (χ1v) is 9.67. The molecule has 0 unspecified atom stereocenters. The number of hydrogen-bond acceptors (Lipinski definition) is 3. The third-order valence-corrected chi connectivity index (χ3v) is 6.18. The molecular formula is C20H29F2N3O. The molecule has 0 radical (unpaired) electrons. The van der Waals surface area contributed by atoms with Crippen LogP contribution in [0.5, 0.6) is 0 Å². The average Bonchev–Trinajstić information content (AvgIpc) is 2.65. The molecule has 1 heterocycles. The van der Waals surface area contributed by atoms with Gasteiger partial charge >= 0.3 is 0 Å². The van der Waals surface area contributed by atoms with Gasteiger partial charge in [-0.1, -0.05) is 0 Å². The number of nitrogens with zero attached hydrogens (tertiary/aromatic N) is 1. The molecule has 6 heteroatoms. The highest BCUT2D eigenvalue weighted by Gasteiger charge is 2.32. The first kappa shape index (κ1) is 19.2. The van der Waals surface area contributed by atoms with Crippen LogP contribution in [0, 0.1) is 23.5 Å². The quantitative estimate of drug-likeness (QED) is 0.842. The molecule has 2 fully saturated rings. The Labute approximate surface area is 153 Å². The lowest BCUT2D eigenvalue weighted by molar-refractivity contribution is -0.123. The summed E-state index contributed by atoms with van der Waals surface area (Å²) in [4.78, 5) is 13.9. The van der Waals surface area contributed by atoms with Crippen LogP contribution in [0.4, 0.5) is 8.78 Å². The fourth-order valence-electron chi connectivity index (χ4n) is 4.59. The van der Waals surface area contributed by atoms with Crippen LogP contribution in [-0.4, -0.2) is 36.0 Å². The molecule has 1 aliphatic heterocycles. The van der Waals surface area contributed by atoms with Gasteiger partial charge in [-0.25, -0.2) is 8.78 Å². The van der Waals surface area contributed by atoms with Gasteiger partial charge in [-0.2, -0.15) is 0 Å². The van der Waals surface area contributed by atoms with E-state index in [1.807, 2.05) is 0 Å². The summed E-state index contributed by atoms with van der Waals surface area (Å²) < 4.78 is 27.2. The predicted octanol–water partition coefficient (Wildman–Crippen LogP) is 2.59. The molecule has 26 heavy (non-hydrogen) atoms. The molecule has 4 nitrogen and oxygen atoms in total. The minimum absolute atomic E-state index is 0.0281. The Bertz CT molecular complexity index is 631. The summed E-state index contributed by atoms with van der Waals surface area (Å²) in [5.74, 6) is -0.708. The Balaban J connectivity index is 1.51. The van der Waals surface area contributed by atoms with Crippen LogP contribution in [0.15, 0.2) is 18.2 Å². The maximum atomic E-state index is 13.8. The Morgan fingerprint density at radius 2 is 1.92 bits per heavy atom. The van der Waals surface area contributed by atoms with Crippen molar-refractivity contribution in [1.29, 1.82) is 0 Å². The van der Waals surface area contributed by atoms with E-state index in [4.69, 9.17) is 11.5 Å². The highest BCUT2D eigenvalue weighted by molar-refractivity contribution is 5.76. The molecule has 1 aromatic carbocycles. The number of carbonyl (C=O) groups excluding carboxylic acids is 1. The molecule has 1 amide bonds. The SMILES string of the molecule is NC(=O)[C@@H]1CCCN(C2CCC([C@H](N)Cc3cc(F)ccc3F)CC2)C1. The fraction of sp³-hybridized carbons (Fsp3) is 0.650. The zero-order valence-corrected chi connectivity index (χ0v) is 15.2. The van der Waals surface area contributed by atoms with Crippen LogP contribution in [0.2, 0.25) is 0 Å². The molecule has 3 rings (SSSR count). The van der Waals surface area contributed by atoms with Crippen molar-refractivity contribution < 1.29 is 13.6 Å². The molecule has 0 aromatic heterocycles. The molecule has 144 valence electrons. The Morgan fingerprint density at radius 3 is 2.62 bits per heavy atom. The number of piperidine rings is 1. The molecule has 0 spiro atoms. The third-order valence-electron chi connectivity index (χ3n) is 6.18. The molecule has 1 saturated heterocycles. The predicted molar refractivity (Wildman–Crippen MR) is 97.3 cm³/mol. The highest BCUT2D eigenvalue weighted by Crippen LogP contribution is 2.32. The maximum absolute atomic E-state index is 13.8. The number of benzene rings is 1. The van der Waals surface area contributed by atoms with Crippen LogP contribution in [0.25, 0.3) is 0 Å². The molecular weight excluding hydrogens is 336 g/mol. The van der Waals surface area contributed by atoms with E-state index in [-0.39, 0.29) is 23.7 Å². The number of carbonyl (C=O) groups is 1. The largest absolute Gasteiger partial charge is 0.369 e. The fourth-order valence-corrected chi connectivity index (χ4v) is 4.59. The first-order chi connectivity index (χ1) is 12.4. The van der Waals surface area contributed by atoms with Gasteiger partial charge in [0.1, 0.15) is 11.6 Å². The molecule has 1 saturated carbocycles. The summed E-state index contributed by atoms with van der Waals surface area (Å²) in [6.45, 7) is 1.80. The summed E-state index contributed by atoms with van der Waals surface area (Å²) in [5.41, 5.74) is 12.2. The number of hydrogen-bond donors (Lipinski definition) is 2. The minimum Gasteiger partial charge on any atom is -0.369 e. The van der Waals surface area contributed by atoms with E-state index in [0.717, 1.165) is 57.7 Å². The van der Waals surface area contributed by atoms with Gasteiger partial charge < -0.3 is 11.5 Å². The van der Waals surface area contributed by atoms with E-state index in [2.05, 4.69) is 4.90 Å². The van der Waals surface area contributed by atoms with E-state index in [0.29, 0.717) is 23.9 Å². The molecule has 2 aliphatic rings. The first-order valence-electron chi connectivity index (χ1n) is 9.67. The van der Waals surface area contributed by atoms with Crippen molar-refractivity contribution in [3.8, 4) is 0 Å². The van der Waals surface area contributed by atoms with Gasteiger partial charge in [0.25, 0.3) is 0 Å². The lowest BCUT2D eigenvalue weighted by Gasteiger charge is -2.41. The number of halogens is 2. The smallest absolute Gasteiger partial charge is 0.221 e. The van der Waals surface area contributed by atoms with Crippen molar-refractivity contribution in [2.75, 3.05) is 13.1 Å². The highest BCUT2D eigenvalue weighted by atomic mass is 19.1. The summed E-state index contributed by atoms with van der Waals surface area (Å²) in [7, 11) is 0. The summed E-state index contributed by atoms with van der Waals surface area (Å²) >= 11 is 0. The van der Waals surface area contributed by atoms with Gasteiger partial charge in [-0.3, -0.25) is 9.69 Å². The molecule has 2 atom stereocenters. The normalized spacial score (nSPS) is 28.7. The third kappa shape index (κ3) is 4.60. The molecule has 0 bridgehead atoms. The second kappa shape index (κ2) is 8.44. The number of amides is 1. The average molecular weight is 365 g/mol. The van der Waals surface area contributed by atoms with Crippen molar-refractivity contribution in [1.82, 2.24) is 4.90 Å². The molecule has 1 aromatic rings. The van der Waals surface area contributed by atoms with Gasteiger partial charge in [0.15, 0.2) is 0 Å². The summed E-state index contributed by atoms with van der Waals surface area (Å²) in [6, 6.07) is 3.87. The van der Waals surface area contributed by atoms with E-state index in [9.17, 15) is 13.6 Å². The second-order valence-electron chi connectivity index (χ2n) is 7.91. The van der Waals surface area contributed by atoms with Crippen molar-refractivity contribution in [2.45, 2.75) is 57.0 Å². The monoisotopic (exact) mass is 365 g/mol. The lowest BCUT2D eigenvalue weighted by atomic mass is 9.79. The Kier molecular flexibility index (Phi) is 6.24. The molecule has 4 N–H and O–H groups in total. The summed E-state index contributed by atoms with van der Waals surface area (Å²) in [5, 5.41) is 0. The van der Waals surface area contributed by atoms with Crippen LogP contribution < -0.4 is 11.5 Å². The number of likely N-dealkylation sites (tertiary alicyclic amines) is 1. The molecule has 1 aliphatic carbocycles. The minimum atomic E-state index is -0.425. The van der Waals surface area contributed by atoms with Crippen LogP contribution >= 0.6 is 0 Å². The number of primary amides is 1. The lowest BCUT2D eigenvalue weighted by Crippen LogP contribution is -2.48. The van der Waals surface area contributed by atoms with E-state index >= 15 is 0 Å². The zero-order chi connectivity index (χ0) is 18.7. The van der Waals surface area contributed by atoms with Crippen molar-refractivity contribution >= 4 is 5.91 Å².